The van der Waals surface area contributed by atoms with Crippen LogP contribution < -0.4 is 10.1 Å². The molecule has 0 saturated carbocycles. The first kappa shape index (κ1) is 23.9. The van der Waals surface area contributed by atoms with E-state index in [1.807, 2.05) is 24.3 Å². The number of H-pyrrole nitrogens is 1. The smallest absolute Gasteiger partial charge is 0.325 e. The van der Waals surface area contributed by atoms with Gasteiger partial charge in [-0.2, -0.15) is 0 Å². The van der Waals surface area contributed by atoms with Gasteiger partial charge in [0.05, 0.1) is 24.6 Å². The molecule has 2 aromatic carbocycles. The van der Waals surface area contributed by atoms with Crippen LogP contribution in [0.3, 0.4) is 0 Å². The number of imidazole rings is 1. The number of aliphatic hydroxyl groups is 1. The number of imide groups is 1. The van der Waals surface area contributed by atoms with Gasteiger partial charge < -0.3 is 24.9 Å². The number of urea groups is 1. The zero-order valence-electron chi connectivity index (χ0n) is 18.7. The molecule has 0 spiro atoms. The van der Waals surface area contributed by atoms with E-state index in [0.29, 0.717) is 17.1 Å². The van der Waals surface area contributed by atoms with Crippen LogP contribution in [0.4, 0.5) is 4.79 Å². The van der Waals surface area contributed by atoms with Gasteiger partial charge in [-0.3, -0.25) is 4.79 Å². The van der Waals surface area contributed by atoms with E-state index < -0.39 is 30.1 Å². The minimum atomic E-state index is -0.841. The van der Waals surface area contributed by atoms with E-state index in [4.69, 9.17) is 14.6 Å². The number of hydrogen-bond donors (Lipinski definition) is 3. The predicted molar refractivity (Wildman–Crippen MR) is 128 cm³/mol. The highest BCUT2D eigenvalue weighted by molar-refractivity contribution is 9.10. The molecule has 3 amide bonds. The molecule has 1 saturated heterocycles. The second-order valence-corrected chi connectivity index (χ2v) is 8.72. The Morgan fingerprint density at radius 3 is 2.50 bits per heavy atom. The number of hydrogen-bond acceptors (Lipinski definition) is 6. The van der Waals surface area contributed by atoms with Crippen molar-refractivity contribution in [2.45, 2.75) is 25.1 Å². The molecule has 1 aromatic heterocycles. The van der Waals surface area contributed by atoms with Crippen LogP contribution in [0.1, 0.15) is 30.4 Å². The maximum Gasteiger partial charge on any atom is 0.325 e. The number of aromatic nitrogens is 2. The lowest BCUT2D eigenvalue weighted by Gasteiger charge is -2.28. The van der Waals surface area contributed by atoms with Gasteiger partial charge in [-0.25, -0.2) is 14.7 Å². The molecule has 0 radical (unpaired) electrons. The van der Waals surface area contributed by atoms with E-state index in [2.05, 4.69) is 31.2 Å². The Morgan fingerprint density at radius 1 is 1.15 bits per heavy atom. The van der Waals surface area contributed by atoms with E-state index in [9.17, 15) is 9.59 Å². The topological polar surface area (TPSA) is 117 Å². The van der Waals surface area contributed by atoms with Gasteiger partial charge in [-0.05, 0) is 42.3 Å². The van der Waals surface area contributed by atoms with Gasteiger partial charge >= 0.3 is 6.03 Å². The van der Waals surface area contributed by atoms with Gasteiger partial charge in [0.15, 0.2) is 0 Å². The van der Waals surface area contributed by atoms with Crippen LogP contribution in [-0.4, -0.2) is 58.3 Å². The normalized spacial score (nSPS) is 17.5. The van der Waals surface area contributed by atoms with E-state index >= 15 is 0 Å². The number of carbonyl (C=O) groups is 2. The number of aliphatic hydroxyl groups excluding tert-OH is 1. The molecular formula is C24H25BrN4O5. The summed E-state index contributed by atoms with van der Waals surface area (Å²) in [5.74, 6) is 0.613. The third kappa shape index (κ3) is 4.84. The van der Waals surface area contributed by atoms with Gasteiger partial charge in [-0.1, -0.05) is 40.2 Å². The SMILES string of the molecule is CO[C@H](C)[C@@H](c1ncc(-c2ccc(Br)cc2)[nH]1)N1C(=O)NC(c2ccc(OCCO)cc2)C1=O. The Kier molecular flexibility index (Phi) is 7.30. The second-order valence-electron chi connectivity index (χ2n) is 7.81. The number of nitrogens with zero attached hydrogens (tertiary/aromatic N) is 2. The van der Waals surface area contributed by atoms with Crippen LogP contribution in [0, 0.1) is 0 Å². The fourth-order valence-corrected chi connectivity index (χ4v) is 4.11. The molecule has 1 aliphatic rings. The van der Waals surface area contributed by atoms with Crippen molar-refractivity contribution in [1.82, 2.24) is 20.2 Å². The summed E-state index contributed by atoms with van der Waals surface area (Å²) >= 11 is 3.42. The lowest BCUT2D eigenvalue weighted by atomic mass is 10.1. The van der Waals surface area contributed by atoms with Crippen LogP contribution >= 0.6 is 15.9 Å². The first-order valence-electron chi connectivity index (χ1n) is 10.7. The Morgan fingerprint density at radius 2 is 1.85 bits per heavy atom. The van der Waals surface area contributed by atoms with Crippen molar-refractivity contribution in [3.63, 3.8) is 0 Å². The third-order valence-corrected chi connectivity index (χ3v) is 6.20. The van der Waals surface area contributed by atoms with E-state index in [0.717, 1.165) is 15.7 Å². The van der Waals surface area contributed by atoms with Crippen molar-refractivity contribution in [2.75, 3.05) is 20.3 Å². The summed E-state index contributed by atoms with van der Waals surface area (Å²) in [6.07, 6.45) is 1.17. The summed E-state index contributed by atoms with van der Waals surface area (Å²) < 4.78 is 11.8. The maximum absolute atomic E-state index is 13.4. The van der Waals surface area contributed by atoms with Crippen molar-refractivity contribution >= 4 is 27.9 Å². The largest absolute Gasteiger partial charge is 0.491 e. The van der Waals surface area contributed by atoms with Crippen LogP contribution in [0.2, 0.25) is 0 Å². The van der Waals surface area contributed by atoms with E-state index in [-0.39, 0.29) is 13.2 Å². The van der Waals surface area contributed by atoms with Gasteiger partial charge in [0.1, 0.15) is 30.3 Å². The minimum Gasteiger partial charge on any atom is -0.491 e. The summed E-state index contributed by atoms with van der Waals surface area (Å²) in [6.45, 7) is 1.87. The number of carbonyl (C=O) groups excluding carboxylic acids is 2. The Bertz CT molecular complexity index is 1150. The molecule has 3 aromatic rings. The molecule has 1 unspecified atom stereocenters. The molecule has 2 heterocycles. The molecule has 1 aliphatic heterocycles. The maximum atomic E-state index is 13.4. The summed E-state index contributed by atoms with van der Waals surface area (Å²) in [6, 6.07) is 12.4. The standard InChI is InChI=1S/C24H25BrN4O5/c1-14(33-2)21(22-26-13-19(27-22)15-3-7-17(25)8-4-15)29-23(31)20(28-24(29)32)16-5-9-18(10-6-16)34-12-11-30/h3-10,13-14,20-21,30H,11-12H2,1-2H3,(H,26,27)(H,28,32)/t14-,20?,21+/m1/s1. The number of rotatable bonds is 9. The number of halogens is 1. The molecule has 3 atom stereocenters. The van der Waals surface area contributed by atoms with Crippen LogP contribution in [0.25, 0.3) is 11.3 Å². The monoisotopic (exact) mass is 528 g/mol. The highest BCUT2D eigenvalue weighted by Gasteiger charge is 2.46. The van der Waals surface area contributed by atoms with Crippen molar-refractivity contribution in [3.05, 3.63) is 70.6 Å². The molecule has 3 N–H and O–H groups in total. The van der Waals surface area contributed by atoms with Crippen molar-refractivity contribution in [3.8, 4) is 17.0 Å². The van der Waals surface area contributed by atoms with Gasteiger partial charge in [0, 0.05) is 11.6 Å². The molecule has 9 nitrogen and oxygen atoms in total. The van der Waals surface area contributed by atoms with Crippen molar-refractivity contribution in [1.29, 1.82) is 0 Å². The lowest BCUT2D eigenvalue weighted by Crippen LogP contribution is -2.41. The Labute approximate surface area is 205 Å². The number of benzene rings is 2. The third-order valence-electron chi connectivity index (χ3n) is 5.67. The summed E-state index contributed by atoms with van der Waals surface area (Å²) in [4.78, 5) is 35.3. The highest BCUT2D eigenvalue weighted by atomic mass is 79.9. The fourth-order valence-electron chi connectivity index (χ4n) is 3.85. The van der Waals surface area contributed by atoms with Crippen molar-refractivity contribution in [2.24, 2.45) is 0 Å². The van der Waals surface area contributed by atoms with E-state index in [1.54, 1.807) is 37.4 Å². The average molecular weight is 529 g/mol. The number of amides is 3. The number of nitrogens with one attached hydrogen (secondary N) is 2. The minimum absolute atomic E-state index is 0.0940. The second kappa shape index (κ2) is 10.4. The first-order chi connectivity index (χ1) is 16.4. The van der Waals surface area contributed by atoms with E-state index in [1.165, 1.54) is 12.0 Å². The molecular weight excluding hydrogens is 504 g/mol. The summed E-state index contributed by atoms with van der Waals surface area (Å²) in [5, 5.41) is 11.7. The van der Waals surface area contributed by atoms with Gasteiger partial charge in [0.25, 0.3) is 5.91 Å². The van der Waals surface area contributed by atoms with Crippen LogP contribution in [0.15, 0.2) is 59.2 Å². The number of methoxy groups -OCH3 is 1. The highest BCUT2D eigenvalue weighted by Crippen LogP contribution is 2.33. The average Bonchev–Trinajstić information content (AvgIpc) is 3.44. The summed E-state index contributed by atoms with van der Waals surface area (Å²) in [5.41, 5.74) is 2.30. The van der Waals surface area contributed by atoms with Crippen LogP contribution in [-0.2, 0) is 9.53 Å². The molecule has 0 bridgehead atoms. The van der Waals surface area contributed by atoms with Crippen LogP contribution in [0.5, 0.6) is 5.75 Å². The fraction of sp³-hybridized carbons (Fsp3) is 0.292. The molecule has 10 heteroatoms. The predicted octanol–water partition coefficient (Wildman–Crippen LogP) is 3.58. The quantitative estimate of drug-likeness (QED) is 0.365. The lowest BCUT2D eigenvalue weighted by molar-refractivity contribution is -0.131. The number of ether oxygens (including phenoxy) is 2. The zero-order valence-corrected chi connectivity index (χ0v) is 20.3. The Hall–Kier alpha value is -3.21. The molecule has 1 fully saturated rings. The van der Waals surface area contributed by atoms with Gasteiger partial charge in [0.2, 0.25) is 0 Å². The number of aromatic amines is 1. The molecule has 0 aliphatic carbocycles. The Balaban J connectivity index is 1.60. The molecule has 4 rings (SSSR count). The zero-order chi connectivity index (χ0) is 24.2. The van der Waals surface area contributed by atoms with Crippen molar-refractivity contribution < 1.29 is 24.2 Å². The first-order valence-corrected chi connectivity index (χ1v) is 11.5. The van der Waals surface area contributed by atoms with Gasteiger partial charge in [-0.15, -0.1) is 0 Å². The molecule has 178 valence electrons. The molecule has 34 heavy (non-hydrogen) atoms. The summed E-state index contributed by atoms with van der Waals surface area (Å²) in [7, 11) is 1.53.